The van der Waals surface area contributed by atoms with Crippen LogP contribution in [0.3, 0.4) is 0 Å². The molecule has 0 radical (unpaired) electrons. The lowest BCUT2D eigenvalue weighted by Crippen LogP contribution is -2.29. The molecule has 1 fully saturated rings. The van der Waals surface area contributed by atoms with E-state index < -0.39 is 0 Å². The molecule has 1 aromatic rings. The van der Waals surface area contributed by atoms with Gasteiger partial charge in [-0.15, -0.1) is 0 Å². The van der Waals surface area contributed by atoms with Crippen molar-refractivity contribution in [2.75, 3.05) is 19.7 Å². The van der Waals surface area contributed by atoms with Gasteiger partial charge in [0.05, 0.1) is 0 Å². The van der Waals surface area contributed by atoms with Gasteiger partial charge in [-0.3, -0.25) is 9.78 Å². The molecule has 2 rings (SSSR count). The lowest BCUT2D eigenvalue weighted by atomic mass is 10.1. The van der Waals surface area contributed by atoms with Crippen LogP contribution < -0.4 is 5.73 Å². The Hall–Kier alpha value is -1.46. The van der Waals surface area contributed by atoms with Crippen molar-refractivity contribution in [2.24, 2.45) is 11.7 Å². The second-order valence-corrected chi connectivity index (χ2v) is 4.34. The number of nitrogens with two attached hydrogens (primary N) is 1. The molecule has 1 saturated heterocycles. The van der Waals surface area contributed by atoms with E-state index in [1.807, 2.05) is 6.07 Å². The minimum atomic E-state index is -0.0653. The lowest BCUT2D eigenvalue weighted by molar-refractivity contribution is 0.0776. The number of aromatic nitrogens is 1. The van der Waals surface area contributed by atoms with Crippen molar-refractivity contribution in [3.05, 3.63) is 29.6 Å². The fourth-order valence-corrected chi connectivity index (χ4v) is 2.00. The highest BCUT2D eigenvalue weighted by molar-refractivity contribution is 5.92. The lowest BCUT2D eigenvalue weighted by Gasteiger charge is -2.15. The number of hydrogen-bond acceptors (Lipinski definition) is 4. The summed E-state index contributed by atoms with van der Waals surface area (Å²) in [5.41, 5.74) is 6.83. The summed E-state index contributed by atoms with van der Waals surface area (Å²) in [4.78, 5) is 17.9. The van der Waals surface area contributed by atoms with Gasteiger partial charge in [0.25, 0.3) is 5.91 Å². The molecule has 0 aromatic carbocycles. The van der Waals surface area contributed by atoms with Gasteiger partial charge in [0, 0.05) is 38.4 Å². The average molecular weight is 235 g/mol. The van der Waals surface area contributed by atoms with E-state index in [4.69, 9.17) is 10.8 Å². The van der Waals surface area contributed by atoms with Crippen LogP contribution >= 0.6 is 0 Å². The van der Waals surface area contributed by atoms with Crippen LogP contribution in [0.25, 0.3) is 0 Å². The second kappa shape index (κ2) is 5.25. The maximum absolute atomic E-state index is 12.1. The third kappa shape index (κ3) is 2.62. The Bertz CT molecular complexity index is 391. The highest BCUT2D eigenvalue weighted by Crippen LogP contribution is 2.17. The van der Waals surface area contributed by atoms with E-state index in [-0.39, 0.29) is 18.4 Å². The number of pyridine rings is 1. The van der Waals surface area contributed by atoms with E-state index in [2.05, 4.69) is 4.98 Å². The Morgan fingerprint density at radius 3 is 2.94 bits per heavy atom. The van der Waals surface area contributed by atoms with Gasteiger partial charge in [-0.25, -0.2) is 0 Å². The Kier molecular flexibility index (Phi) is 3.71. The van der Waals surface area contributed by atoms with Crippen LogP contribution in [-0.4, -0.2) is 40.6 Å². The van der Waals surface area contributed by atoms with Crippen LogP contribution in [0, 0.1) is 5.92 Å². The molecule has 1 amide bonds. The van der Waals surface area contributed by atoms with Crippen molar-refractivity contribution >= 4 is 5.91 Å². The highest BCUT2D eigenvalue weighted by Gasteiger charge is 2.26. The predicted octanol–water partition coefficient (Wildman–Crippen LogP) is -0.00530. The molecule has 17 heavy (non-hydrogen) atoms. The SMILES string of the molecule is NCc1ccc(C(=O)N2CCC(CO)C2)nc1. The minimum absolute atomic E-state index is 0.0653. The van der Waals surface area contributed by atoms with Gasteiger partial charge in [0.2, 0.25) is 0 Å². The van der Waals surface area contributed by atoms with Gasteiger partial charge < -0.3 is 15.7 Å². The summed E-state index contributed by atoms with van der Waals surface area (Å²) in [5.74, 6) is 0.145. The van der Waals surface area contributed by atoms with Gasteiger partial charge >= 0.3 is 0 Å². The van der Waals surface area contributed by atoms with Crippen LogP contribution in [0.2, 0.25) is 0 Å². The summed E-state index contributed by atoms with van der Waals surface area (Å²) in [6, 6.07) is 3.52. The quantitative estimate of drug-likeness (QED) is 0.772. The van der Waals surface area contributed by atoms with Gasteiger partial charge in [0.1, 0.15) is 5.69 Å². The number of nitrogens with zero attached hydrogens (tertiary/aromatic N) is 2. The number of aliphatic hydroxyl groups is 1. The predicted molar refractivity (Wildman–Crippen MR) is 63.2 cm³/mol. The first-order valence-corrected chi connectivity index (χ1v) is 5.79. The summed E-state index contributed by atoms with van der Waals surface area (Å²) in [7, 11) is 0. The van der Waals surface area contributed by atoms with Crippen molar-refractivity contribution in [1.29, 1.82) is 0 Å². The van der Waals surface area contributed by atoms with Gasteiger partial charge in [-0.2, -0.15) is 0 Å². The zero-order chi connectivity index (χ0) is 12.3. The molecule has 3 N–H and O–H groups in total. The Balaban J connectivity index is 2.04. The molecule has 1 aliphatic heterocycles. The van der Waals surface area contributed by atoms with Crippen molar-refractivity contribution < 1.29 is 9.90 Å². The van der Waals surface area contributed by atoms with E-state index in [0.717, 1.165) is 12.0 Å². The first kappa shape index (κ1) is 12.0. The van der Waals surface area contributed by atoms with E-state index in [0.29, 0.717) is 25.3 Å². The van der Waals surface area contributed by atoms with Gasteiger partial charge in [-0.05, 0) is 18.1 Å². The number of carbonyl (C=O) groups excluding carboxylic acids is 1. The number of amides is 1. The van der Waals surface area contributed by atoms with Crippen LogP contribution in [-0.2, 0) is 6.54 Å². The topological polar surface area (TPSA) is 79.5 Å². The van der Waals surface area contributed by atoms with Crippen molar-refractivity contribution in [3.8, 4) is 0 Å². The maximum atomic E-state index is 12.1. The summed E-state index contributed by atoms with van der Waals surface area (Å²) >= 11 is 0. The maximum Gasteiger partial charge on any atom is 0.272 e. The molecule has 0 spiro atoms. The van der Waals surface area contributed by atoms with E-state index in [9.17, 15) is 4.79 Å². The van der Waals surface area contributed by atoms with E-state index in [1.54, 1.807) is 17.2 Å². The summed E-state index contributed by atoms with van der Waals surface area (Å²) < 4.78 is 0. The first-order valence-electron chi connectivity index (χ1n) is 5.79. The molecule has 5 heteroatoms. The van der Waals surface area contributed by atoms with Crippen molar-refractivity contribution in [2.45, 2.75) is 13.0 Å². The zero-order valence-electron chi connectivity index (χ0n) is 9.67. The summed E-state index contributed by atoms with van der Waals surface area (Å²) in [6.07, 6.45) is 2.50. The summed E-state index contributed by atoms with van der Waals surface area (Å²) in [5, 5.41) is 9.04. The monoisotopic (exact) mass is 235 g/mol. The smallest absolute Gasteiger partial charge is 0.272 e. The standard InChI is InChI=1S/C12H17N3O2/c13-5-9-1-2-11(14-6-9)12(17)15-4-3-10(7-15)8-16/h1-2,6,10,16H,3-5,7-8,13H2. The second-order valence-electron chi connectivity index (χ2n) is 4.34. The van der Waals surface area contributed by atoms with Crippen molar-refractivity contribution in [3.63, 3.8) is 0 Å². The normalized spacial score (nSPS) is 19.6. The average Bonchev–Trinajstić information content (AvgIpc) is 2.87. The molecule has 1 unspecified atom stereocenters. The fourth-order valence-electron chi connectivity index (χ4n) is 2.00. The van der Waals surface area contributed by atoms with Crippen LogP contribution in [0.4, 0.5) is 0 Å². The number of carbonyl (C=O) groups is 1. The molecule has 2 heterocycles. The van der Waals surface area contributed by atoms with Crippen LogP contribution in [0.1, 0.15) is 22.5 Å². The third-order valence-corrected chi connectivity index (χ3v) is 3.11. The number of rotatable bonds is 3. The molecule has 0 bridgehead atoms. The van der Waals surface area contributed by atoms with E-state index >= 15 is 0 Å². The molecule has 92 valence electrons. The van der Waals surface area contributed by atoms with Gasteiger partial charge in [0.15, 0.2) is 0 Å². The molecule has 0 saturated carbocycles. The largest absolute Gasteiger partial charge is 0.396 e. The third-order valence-electron chi connectivity index (χ3n) is 3.11. The number of aliphatic hydroxyl groups excluding tert-OH is 1. The molecule has 5 nitrogen and oxygen atoms in total. The van der Waals surface area contributed by atoms with Crippen molar-refractivity contribution in [1.82, 2.24) is 9.88 Å². The molecule has 0 aliphatic carbocycles. The Labute approximate surface area is 100 Å². The fraction of sp³-hybridized carbons (Fsp3) is 0.500. The molecule has 1 atom stereocenters. The van der Waals surface area contributed by atoms with E-state index in [1.165, 1.54) is 0 Å². The molecule has 1 aliphatic rings. The zero-order valence-corrected chi connectivity index (χ0v) is 9.67. The highest BCUT2D eigenvalue weighted by atomic mass is 16.3. The summed E-state index contributed by atoms with van der Waals surface area (Å²) in [6.45, 7) is 1.89. The minimum Gasteiger partial charge on any atom is -0.396 e. The molecular weight excluding hydrogens is 218 g/mol. The first-order chi connectivity index (χ1) is 8.24. The van der Waals surface area contributed by atoms with Crippen LogP contribution in [0.5, 0.6) is 0 Å². The Morgan fingerprint density at radius 1 is 1.59 bits per heavy atom. The van der Waals surface area contributed by atoms with Crippen LogP contribution in [0.15, 0.2) is 18.3 Å². The van der Waals surface area contributed by atoms with Gasteiger partial charge in [-0.1, -0.05) is 6.07 Å². The molecule has 1 aromatic heterocycles. The Morgan fingerprint density at radius 2 is 2.41 bits per heavy atom. The molecular formula is C12H17N3O2. The number of hydrogen-bond donors (Lipinski definition) is 2. The number of likely N-dealkylation sites (tertiary alicyclic amines) is 1.